The van der Waals surface area contributed by atoms with E-state index in [9.17, 15) is 9.90 Å². The van der Waals surface area contributed by atoms with Crippen LogP contribution < -0.4 is 0 Å². The number of para-hydroxylation sites is 1. The number of Topliss-reactive ketones (excluding diaryl/α,β-unsaturated/α-hetero) is 1. The van der Waals surface area contributed by atoms with Crippen LogP contribution in [0.3, 0.4) is 0 Å². The quantitative estimate of drug-likeness (QED) is 0.804. The topological polar surface area (TPSA) is 37.3 Å². The second kappa shape index (κ2) is 4.28. The molecule has 0 aliphatic carbocycles. The Balaban J connectivity index is 2.17. The van der Waals surface area contributed by atoms with Crippen LogP contribution in [-0.4, -0.2) is 10.9 Å². The Morgan fingerprint density at radius 1 is 1.20 bits per heavy atom. The van der Waals surface area contributed by atoms with E-state index in [-0.39, 0.29) is 18.0 Å². The maximum Gasteiger partial charge on any atom is 0.177 e. The summed E-state index contributed by atoms with van der Waals surface area (Å²) in [5, 5.41) is 11.4. The first kappa shape index (κ1) is 9.93. The molecule has 0 spiro atoms. The third-order valence-corrected chi connectivity index (χ3v) is 3.05. The van der Waals surface area contributed by atoms with Crippen LogP contribution in [0.4, 0.5) is 0 Å². The number of phenolic OH excluding ortho intramolecular Hbond substituents is 1. The molecule has 2 nitrogen and oxygen atoms in total. The summed E-state index contributed by atoms with van der Waals surface area (Å²) in [7, 11) is 0. The van der Waals surface area contributed by atoms with E-state index >= 15 is 0 Å². The van der Waals surface area contributed by atoms with Crippen molar-refractivity contribution in [3.8, 4) is 5.75 Å². The number of hydrogen-bond donors (Lipinski definition) is 1. The highest BCUT2D eigenvalue weighted by molar-refractivity contribution is 7.12. The molecule has 1 N–H and O–H groups in total. The van der Waals surface area contributed by atoms with Crippen molar-refractivity contribution in [1.29, 1.82) is 0 Å². The number of ketones is 1. The van der Waals surface area contributed by atoms with E-state index in [2.05, 4.69) is 0 Å². The minimum Gasteiger partial charge on any atom is -0.508 e. The van der Waals surface area contributed by atoms with Crippen molar-refractivity contribution in [1.82, 2.24) is 0 Å². The zero-order valence-corrected chi connectivity index (χ0v) is 8.83. The Morgan fingerprint density at radius 2 is 2.00 bits per heavy atom. The SMILES string of the molecule is O=C(Cc1ccccc1O)c1cccs1. The zero-order chi connectivity index (χ0) is 10.7. The van der Waals surface area contributed by atoms with Crippen molar-refractivity contribution in [2.75, 3.05) is 0 Å². The van der Waals surface area contributed by atoms with Crippen LogP contribution in [-0.2, 0) is 6.42 Å². The normalized spacial score (nSPS) is 10.1. The third kappa shape index (κ3) is 2.25. The molecule has 0 saturated carbocycles. The van der Waals surface area contributed by atoms with Crippen LogP contribution in [0.2, 0.25) is 0 Å². The molecule has 0 bridgehead atoms. The van der Waals surface area contributed by atoms with Gasteiger partial charge in [0.2, 0.25) is 0 Å². The molecule has 0 saturated heterocycles. The van der Waals surface area contributed by atoms with Gasteiger partial charge < -0.3 is 5.11 Å². The number of carbonyl (C=O) groups excluding carboxylic acids is 1. The molecule has 0 aliphatic rings. The predicted octanol–water partition coefficient (Wildman–Crippen LogP) is 2.88. The molecule has 15 heavy (non-hydrogen) atoms. The molecule has 0 fully saturated rings. The lowest BCUT2D eigenvalue weighted by Crippen LogP contribution is -2.00. The lowest BCUT2D eigenvalue weighted by atomic mass is 10.1. The molecule has 1 aromatic heterocycles. The van der Waals surface area contributed by atoms with Gasteiger partial charge in [-0.1, -0.05) is 24.3 Å². The molecule has 0 amide bonds. The Morgan fingerprint density at radius 3 is 2.67 bits per heavy atom. The molecule has 1 heterocycles. The minimum atomic E-state index is 0.0477. The van der Waals surface area contributed by atoms with Crippen LogP contribution in [0, 0.1) is 0 Å². The van der Waals surface area contributed by atoms with E-state index in [1.165, 1.54) is 11.3 Å². The second-order valence-corrected chi connectivity index (χ2v) is 4.15. The summed E-state index contributed by atoms with van der Waals surface area (Å²) in [4.78, 5) is 12.5. The van der Waals surface area contributed by atoms with Gasteiger partial charge >= 0.3 is 0 Å². The van der Waals surface area contributed by atoms with E-state index < -0.39 is 0 Å². The molecule has 0 aliphatic heterocycles. The zero-order valence-electron chi connectivity index (χ0n) is 8.01. The van der Waals surface area contributed by atoms with E-state index in [0.29, 0.717) is 5.56 Å². The number of rotatable bonds is 3. The van der Waals surface area contributed by atoms with E-state index in [0.717, 1.165) is 4.88 Å². The summed E-state index contributed by atoms with van der Waals surface area (Å²) in [5.74, 6) is 0.230. The van der Waals surface area contributed by atoms with Crippen LogP contribution >= 0.6 is 11.3 Å². The summed E-state index contributed by atoms with van der Waals surface area (Å²) in [6, 6.07) is 10.6. The van der Waals surface area contributed by atoms with Crippen LogP contribution in [0.25, 0.3) is 0 Å². The Labute approximate surface area is 91.8 Å². The molecule has 76 valence electrons. The van der Waals surface area contributed by atoms with Crippen molar-refractivity contribution in [2.45, 2.75) is 6.42 Å². The Bertz CT molecular complexity index is 460. The summed E-state index contributed by atoms with van der Waals surface area (Å²) in [6.07, 6.45) is 0.257. The van der Waals surface area contributed by atoms with Gasteiger partial charge in [0, 0.05) is 12.0 Å². The average molecular weight is 218 g/mol. The molecule has 3 heteroatoms. The van der Waals surface area contributed by atoms with Gasteiger partial charge in [0.1, 0.15) is 5.75 Å². The van der Waals surface area contributed by atoms with Gasteiger partial charge in [-0.2, -0.15) is 0 Å². The number of thiophene rings is 1. The number of phenols is 1. The van der Waals surface area contributed by atoms with Crippen LogP contribution in [0.1, 0.15) is 15.2 Å². The fourth-order valence-corrected chi connectivity index (χ4v) is 2.02. The number of aromatic hydroxyl groups is 1. The third-order valence-electron chi connectivity index (χ3n) is 2.14. The van der Waals surface area contributed by atoms with Crippen LogP contribution in [0.5, 0.6) is 5.75 Å². The first-order valence-corrected chi connectivity index (χ1v) is 5.49. The van der Waals surface area contributed by atoms with Crippen LogP contribution in [0.15, 0.2) is 41.8 Å². The lowest BCUT2D eigenvalue weighted by molar-refractivity contribution is 0.0996. The van der Waals surface area contributed by atoms with Crippen molar-refractivity contribution >= 4 is 17.1 Å². The fraction of sp³-hybridized carbons (Fsp3) is 0.0833. The first-order chi connectivity index (χ1) is 7.27. The van der Waals surface area contributed by atoms with Gasteiger partial charge in [-0.05, 0) is 17.5 Å². The first-order valence-electron chi connectivity index (χ1n) is 4.61. The Kier molecular flexibility index (Phi) is 2.83. The smallest absolute Gasteiger partial charge is 0.177 e. The molecule has 2 aromatic rings. The van der Waals surface area contributed by atoms with Crippen molar-refractivity contribution in [3.63, 3.8) is 0 Å². The molecule has 0 radical (unpaired) electrons. The Hall–Kier alpha value is -1.61. The fourth-order valence-electron chi connectivity index (χ4n) is 1.36. The van der Waals surface area contributed by atoms with Crippen molar-refractivity contribution in [3.05, 3.63) is 52.2 Å². The van der Waals surface area contributed by atoms with Gasteiger partial charge in [0.15, 0.2) is 5.78 Å². The highest BCUT2D eigenvalue weighted by Crippen LogP contribution is 2.19. The summed E-state index contributed by atoms with van der Waals surface area (Å²) < 4.78 is 0. The number of benzene rings is 1. The molecule has 0 atom stereocenters. The van der Waals surface area contributed by atoms with Gasteiger partial charge in [-0.15, -0.1) is 11.3 Å². The van der Waals surface area contributed by atoms with Gasteiger partial charge in [-0.25, -0.2) is 0 Å². The average Bonchev–Trinajstić information content (AvgIpc) is 2.74. The van der Waals surface area contributed by atoms with Gasteiger partial charge in [-0.3, -0.25) is 4.79 Å². The standard InChI is InChI=1S/C12H10O2S/c13-10-5-2-1-4-9(10)8-11(14)12-6-3-7-15-12/h1-7,13H,8H2. The molecule has 2 rings (SSSR count). The van der Waals surface area contributed by atoms with Gasteiger partial charge in [0.05, 0.1) is 4.88 Å². The molecular formula is C12H10O2S. The summed E-state index contributed by atoms with van der Waals surface area (Å²) in [5.41, 5.74) is 0.677. The van der Waals surface area contributed by atoms with Gasteiger partial charge in [0.25, 0.3) is 0 Å². The predicted molar refractivity (Wildman–Crippen MR) is 60.5 cm³/mol. The summed E-state index contributed by atoms with van der Waals surface area (Å²) >= 11 is 1.42. The van der Waals surface area contributed by atoms with E-state index in [1.807, 2.05) is 17.5 Å². The second-order valence-electron chi connectivity index (χ2n) is 3.21. The number of hydrogen-bond acceptors (Lipinski definition) is 3. The van der Waals surface area contributed by atoms with E-state index in [1.54, 1.807) is 24.3 Å². The number of carbonyl (C=O) groups is 1. The lowest BCUT2D eigenvalue weighted by Gasteiger charge is -2.01. The maximum atomic E-state index is 11.7. The molecule has 1 aromatic carbocycles. The van der Waals surface area contributed by atoms with E-state index in [4.69, 9.17) is 0 Å². The largest absolute Gasteiger partial charge is 0.508 e. The highest BCUT2D eigenvalue weighted by atomic mass is 32.1. The van der Waals surface area contributed by atoms with Crippen molar-refractivity contribution in [2.24, 2.45) is 0 Å². The monoisotopic (exact) mass is 218 g/mol. The molecule has 0 unspecified atom stereocenters. The minimum absolute atomic E-state index is 0.0477. The van der Waals surface area contributed by atoms with Crippen molar-refractivity contribution < 1.29 is 9.90 Å². The molecular weight excluding hydrogens is 208 g/mol. The maximum absolute atomic E-state index is 11.7. The summed E-state index contributed by atoms with van der Waals surface area (Å²) in [6.45, 7) is 0. The highest BCUT2D eigenvalue weighted by Gasteiger charge is 2.09.